The number of rotatable bonds is 40. The Kier molecular flexibility index (Phi) is 39.8. The molecule has 300 valence electrons. The van der Waals surface area contributed by atoms with Crippen molar-refractivity contribution >= 4 is 11.9 Å². The number of aliphatic hydroxyl groups excluding tert-OH is 2. The molecule has 0 fully saturated rings. The van der Waals surface area contributed by atoms with Crippen molar-refractivity contribution < 1.29 is 24.5 Å². The van der Waals surface area contributed by atoms with Crippen LogP contribution in [-0.2, 0) is 14.3 Å². The summed E-state index contributed by atoms with van der Waals surface area (Å²) in [6.07, 6.45) is 45.8. The summed E-state index contributed by atoms with van der Waals surface area (Å²) in [6, 6.07) is -0.643. The quantitative estimate of drug-likeness (QED) is 0.0333. The van der Waals surface area contributed by atoms with Crippen molar-refractivity contribution in [3.63, 3.8) is 0 Å². The molecule has 0 saturated carbocycles. The fourth-order valence-corrected chi connectivity index (χ4v) is 6.49. The van der Waals surface area contributed by atoms with E-state index >= 15 is 0 Å². The van der Waals surface area contributed by atoms with Crippen LogP contribution in [0.5, 0.6) is 0 Å². The summed E-state index contributed by atoms with van der Waals surface area (Å²) in [5, 5.41) is 22.9. The van der Waals surface area contributed by atoms with E-state index in [9.17, 15) is 19.8 Å². The average Bonchev–Trinajstić information content (AvgIpc) is 3.13. The largest absolute Gasteiger partial charge is 0.466 e. The first-order chi connectivity index (χ1) is 25.0. The molecule has 2 atom stereocenters. The summed E-state index contributed by atoms with van der Waals surface area (Å²) in [6.45, 7) is 4.79. The second-order valence-electron chi connectivity index (χ2n) is 15.0. The number of ether oxygens (including phenoxy) is 1. The molecule has 0 aliphatic heterocycles. The SMILES string of the molecule is CCCC/C=C\CCCCCCCC(=O)OCCCCCCCCCCCCC(=O)NC(CO)C(O)/C=C/CCCCCCCCCCCCC. The van der Waals surface area contributed by atoms with Gasteiger partial charge < -0.3 is 20.3 Å². The minimum Gasteiger partial charge on any atom is -0.466 e. The first kappa shape index (κ1) is 49.3. The fourth-order valence-electron chi connectivity index (χ4n) is 6.49. The monoisotopic (exact) mass is 720 g/mol. The predicted octanol–water partition coefficient (Wildman–Crippen LogP) is 12.4. The van der Waals surface area contributed by atoms with E-state index in [2.05, 4.69) is 31.3 Å². The van der Waals surface area contributed by atoms with Gasteiger partial charge in [0.2, 0.25) is 5.91 Å². The number of carbonyl (C=O) groups excluding carboxylic acids is 2. The highest BCUT2D eigenvalue weighted by molar-refractivity contribution is 5.76. The lowest BCUT2D eigenvalue weighted by atomic mass is 10.0. The van der Waals surface area contributed by atoms with Crippen LogP contribution in [0, 0.1) is 0 Å². The highest BCUT2D eigenvalue weighted by atomic mass is 16.5. The topological polar surface area (TPSA) is 95.9 Å². The minimum atomic E-state index is -0.857. The first-order valence-corrected chi connectivity index (χ1v) is 22.1. The molecule has 6 heteroatoms. The Morgan fingerprint density at radius 1 is 0.529 bits per heavy atom. The van der Waals surface area contributed by atoms with Gasteiger partial charge in [0.1, 0.15) is 0 Å². The molecule has 0 aromatic rings. The van der Waals surface area contributed by atoms with E-state index in [0.29, 0.717) is 19.4 Å². The molecular formula is C45H85NO5. The van der Waals surface area contributed by atoms with Crippen LogP contribution in [0.25, 0.3) is 0 Å². The van der Waals surface area contributed by atoms with Crippen molar-refractivity contribution in [1.29, 1.82) is 0 Å². The Morgan fingerprint density at radius 3 is 1.45 bits per heavy atom. The minimum absolute atomic E-state index is 0.0329. The van der Waals surface area contributed by atoms with Gasteiger partial charge in [0, 0.05) is 12.8 Å². The molecule has 0 aliphatic carbocycles. The number of hydrogen-bond acceptors (Lipinski definition) is 5. The molecule has 51 heavy (non-hydrogen) atoms. The number of nitrogens with one attached hydrogen (secondary N) is 1. The van der Waals surface area contributed by atoms with E-state index in [4.69, 9.17) is 4.74 Å². The van der Waals surface area contributed by atoms with Crippen LogP contribution in [0.2, 0.25) is 0 Å². The number of unbranched alkanes of at least 4 members (excludes halogenated alkanes) is 27. The molecular weight excluding hydrogens is 634 g/mol. The van der Waals surface area contributed by atoms with Crippen molar-refractivity contribution in [1.82, 2.24) is 5.32 Å². The van der Waals surface area contributed by atoms with Crippen molar-refractivity contribution in [3.05, 3.63) is 24.3 Å². The van der Waals surface area contributed by atoms with Gasteiger partial charge in [-0.25, -0.2) is 0 Å². The zero-order chi connectivity index (χ0) is 37.3. The van der Waals surface area contributed by atoms with Gasteiger partial charge in [-0.1, -0.05) is 186 Å². The van der Waals surface area contributed by atoms with Crippen LogP contribution in [0.3, 0.4) is 0 Å². The molecule has 0 aromatic heterocycles. The van der Waals surface area contributed by atoms with Crippen molar-refractivity contribution in [2.45, 2.75) is 238 Å². The van der Waals surface area contributed by atoms with Crippen molar-refractivity contribution in [2.75, 3.05) is 13.2 Å². The number of aliphatic hydroxyl groups is 2. The maximum Gasteiger partial charge on any atom is 0.305 e. The molecule has 0 rings (SSSR count). The third-order valence-corrected chi connectivity index (χ3v) is 9.97. The Labute approximate surface area is 316 Å². The normalized spacial score (nSPS) is 12.9. The molecule has 6 nitrogen and oxygen atoms in total. The van der Waals surface area contributed by atoms with Crippen molar-refractivity contribution in [2.24, 2.45) is 0 Å². The van der Waals surface area contributed by atoms with E-state index in [-0.39, 0.29) is 18.5 Å². The van der Waals surface area contributed by atoms with Crippen LogP contribution in [0.4, 0.5) is 0 Å². The molecule has 0 bridgehead atoms. The van der Waals surface area contributed by atoms with Crippen LogP contribution in [0.1, 0.15) is 226 Å². The standard InChI is InChI=1S/C45H85NO5/c1-3-5-7-9-11-13-15-16-18-21-25-29-33-37-43(48)42(41-47)46-44(49)38-34-30-26-22-19-20-24-28-32-36-40-51-45(50)39-35-31-27-23-17-14-12-10-8-6-4-2/h10,12,33,37,42-43,47-48H,3-9,11,13-32,34-36,38-41H2,1-2H3,(H,46,49)/b12-10-,37-33+. The maximum absolute atomic E-state index is 12.4. The number of allylic oxidation sites excluding steroid dienone is 3. The third kappa shape index (κ3) is 37.9. The summed E-state index contributed by atoms with van der Waals surface area (Å²) in [7, 11) is 0. The van der Waals surface area contributed by atoms with Crippen LogP contribution in [0.15, 0.2) is 24.3 Å². The molecule has 0 aromatic carbocycles. The molecule has 0 radical (unpaired) electrons. The van der Waals surface area contributed by atoms with Gasteiger partial charge in [-0.05, 0) is 51.4 Å². The summed E-state index contributed by atoms with van der Waals surface area (Å²) in [4.78, 5) is 24.3. The molecule has 2 unspecified atom stereocenters. The average molecular weight is 720 g/mol. The van der Waals surface area contributed by atoms with Crippen LogP contribution < -0.4 is 5.32 Å². The van der Waals surface area contributed by atoms with E-state index < -0.39 is 12.1 Å². The number of amides is 1. The zero-order valence-electron chi connectivity index (χ0n) is 33.8. The Balaban J connectivity index is 3.55. The number of esters is 1. The number of hydrogen-bond donors (Lipinski definition) is 3. The van der Waals surface area contributed by atoms with E-state index in [1.165, 1.54) is 141 Å². The predicted molar refractivity (Wildman–Crippen MR) is 218 cm³/mol. The smallest absolute Gasteiger partial charge is 0.305 e. The highest BCUT2D eigenvalue weighted by Gasteiger charge is 2.18. The molecule has 0 aliphatic rings. The van der Waals surface area contributed by atoms with Crippen LogP contribution >= 0.6 is 0 Å². The molecule has 0 saturated heterocycles. The first-order valence-electron chi connectivity index (χ1n) is 22.1. The second kappa shape index (κ2) is 41.1. The number of carbonyl (C=O) groups is 2. The molecule has 0 heterocycles. The van der Waals surface area contributed by atoms with Gasteiger partial charge in [-0.2, -0.15) is 0 Å². The van der Waals surface area contributed by atoms with E-state index in [0.717, 1.165) is 57.8 Å². The Morgan fingerprint density at radius 2 is 0.941 bits per heavy atom. The molecule has 3 N–H and O–H groups in total. The lowest BCUT2D eigenvalue weighted by Gasteiger charge is -2.20. The second-order valence-corrected chi connectivity index (χ2v) is 15.0. The highest BCUT2D eigenvalue weighted by Crippen LogP contribution is 2.14. The third-order valence-electron chi connectivity index (χ3n) is 9.97. The van der Waals surface area contributed by atoms with Gasteiger partial charge in [0.05, 0.1) is 25.4 Å². The van der Waals surface area contributed by atoms with Crippen LogP contribution in [-0.4, -0.2) is 47.4 Å². The van der Waals surface area contributed by atoms with Gasteiger partial charge >= 0.3 is 5.97 Å². The van der Waals surface area contributed by atoms with Gasteiger partial charge in [0.15, 0.2) is 0 Å². The van der Waals surface area contributed by atoms with Crippen molar-refractivity contribution in [3.8, 4) is 0 Å². The zero-order valence-corrected chi connectivity index (χ0v) is 33.8. The Hall–Kier alpha value is -1.66. The fraction of sp³-hybridized carbons (Fsp3) is 0.867. The Bertz CT molecular complexity index is 797. The van der Waals surface area contributed by atoms with E-state index in [1.54, 1.807) is 6.08 Å². The van der Waals surface area contributed by atoms with E-state index in [1.807, 2.05) is 6.08 Å². The summed E-state index contributed by atoms with van der Waals surface area (Å²) < 4.78 is 5.42. The summed E-state index contributed by atoms with van der Waals surface area (Å²) >= 11 is 0. The summed E-state index contributed by atoms with van der Waals surface area (Å²) in [5.41, 5.74) is 0. The van der Waals surface area contributed by atoms with Gasteiger partial charge in [0.25, 0.3) is 0 Å². The lowest BCUT2D eigenvalue weighted by Crippen LogP contribution is -2.45. The molecule has 1 amide bonds. The lowest BCUT2D eigenvalue weighted by molar-refractivity contribution is -0.143. The van der Waals surface area contributed by atoms with Gasteiger partial charge in [-0.3, -0.25) is 9.59 Å². The molecule has 0 spiro atoms. The maximum atomic E-state index is 12.4. The van der Waals surface area contributed by atoms with Gasteiger partial charge in [-0.15, -0.1) is 0 Å². The summed E-state index contributed by atoms with van der Waals surface area (Å²) in [5.74, 6) is -0.126.